The number of benzene rings is 1. The molecule has 2 aromatic rings. The smallest absolute Gasteiger partial charge is 0.220 e. The van der Waals surface area contributed by atoms with Crippen LogP contribution in [-0.2, 0) is 11.2 Å². The Bertz CT molecular complexity index is 587. The topological polar surface area (TPSA) is 65.1 Å². The number of rotatable bonds is 6. The lowest BCUT2D eigenvalue weighted by molar-refractivity contribution is -0.120. The summed E-state index contributed by atoms with van der Waals surface area (Å²) < 4.78 is 0. The molecule has 0 unspecified atom stereocenters. The maximum Gasteiger partial charge on any atom is 0.220 e. The number of amides is 1. The van der Waals surface area contributed by atoms with Crippen molar-refractivity contribution in [3.63, 3.8) is 0 Å². The molecule has 1 aromatic heterocycles. The van der Waals surface area contributed by atoms with Gasteiger partial charge in [0.15, 0.2) is 0 Å². The van der Waals surface area contributed by atoms with Crippen LogP contribution in [0.15, 0.2) is 37.1 Å². The fraction of sp³-hybridized carbons (Fsp3) is 0.267. The molecule has 0 aliphatic heterocycles. The Kier molecular flexibility index (Phi) is 4.23. The second-order valence-corrected chi connectivity index (χ2v) is 4.47. The van der Waals surface area contributed by atoms with Crippen molar-refractivity contribution >= 4 is 16.8 Å². The van der Waals surface area contributed by atoms with Crippen molar-refractivity contribution in [2.24, 2.45) is 0 Å². The van der Waals surface area contributed by atoms with E-state index in [1.165, 1.54) is 0 Å². The molecule has 1 amide bonds. The first-order valence-electron chi connectivity index (χ1n) is 6.37. The van der Waals surface area contributed by atoms with Crippen LogP contribution in [-0.4, -0.2) is 22.5 Å². The number of carbonyl (C=O) groups is 1. The number of phenolic OH excluding ortho intramolecular Hbond substituents is 1. The molecule has 0 aliphatic carbocycles. The summed E-state index contributed by atoms with van der Waals surface area (Å²) in [4.78, 5) is 14.6. The number of aromatic amines is 1. The lowest BCUT2D eigenvalue weighted by atomic mass is 10.1. The monoisotopic (exact) mass is 258 g/mol. The molecule has 0 fully saturated rings. The van der Waals surface area contributed by atoms with Crippen LogP contribution in [0.3, 0.4) is 0 Å². The molecule has 4 heteroatoms. The van der Waals surface area contributed by atoms with Gasteiger partial charge >= 0.3 is 0 Å². The van der Waals surface area contributed by atoms with Crippen LogP contribution in [0.25, 0.3) is 10.9 Å². The molecule has 0 saturated carbocycles. The molecule has 0 aliphatic rings. The van der Waals surface area contributed by atoms with Crippen molar-refractivity contribution in [2.45, 2.75) is 19.3 Å². The van der Waals surface area contributed by atoms with E-state index in [1.54, 1.807) is 18.2 Å². The van der Waals surface area contributed by atoms with E-state index in [1.807, 2.05) is 12.3 Å². The predicted octanol–water partition coefficient (Wildman–Crippen LogP) is 2.50. The van der Waals surface area contributed by atoms with Gasteiger partial charge in [0.05, 0.1) is 0 Å². The van der Waals surface area contributed by atoms with Crippen LogP contribution >= 0.6 is 0 Å². The minimum absolute atomic E-state index is 0.0441. The molecule has 1 aromatic carbocycles. The molecule has 0 atom stereocenters. The lowest BCUT2D eigenvalue weighted by Gasteiger charge is -2.03. The molecular weight excluding hydrogens is 240 g/mol. The average Bonchev–Trinajstić information content (AvgIpc) is 2.79. The molecule has 0 saturated heterocycles. The summed E-state index contributed by atoms with van der Waals surface area (Å²) in [5.74, 6) is 0.297. The molecule has 0 radical (unpaired) electrons. The van der Waals surface area contributed by atoms with E-state index in [2.05, 4.69) is 16.9 Å². The van der Waals surface area contributed by atoms with Gasteiger partial charge in [-0.3, -0.25) is 4.79 Å². The number of hydrogen-bond donors (Lipinski definition) is 3. The Balaban J connectivity index is 1.93. The summed E-state index contributed by atoms with van der Waals surface area (Å²) in [7, 11) is 0. The highest BCUT2D eigenvalue weighted by Gasteiger charge is 2.05. The van der Waals surface area contributed by atoms with Crippen LogP contribution in [0.2, 0.25) is 0 Å². The predicted molar refractivity (Wildman–Crippen MR) is 76.1 cm³/mol. The zero-order valence-electron chi connectivity index (χ0n) is 10.8. The summed E-state index contributed by atoms with van der Waals surface area (Å²) in [6.45, 7) is 4.18. The second kappa shape index (κ2) is 6.09. The van der Waals surface area contributed by atoms with E-state index in [-0.39, 0.29) is 11.7 Å². The van der Waals surface area contributed by atoms with Gasteiger partial charge in [-0.15, -0.1) is 6.58 Å². The number of nitrogens with one attached hydrogen (secondary N) is 2. The van der Waals surface area contributed by atoms with Crippen LogP contribution in [0, 0.1) is 0 Å². The first-order chi connectivity index (χ1) is 9.20. The third-order valence-corrected chi connectivity index (χ3v) is 3.04. The van der Waals surface area contributed by atoms with Crippen LogP contribution in [0.1, 0.15) is 18.4 Å². The standard InChI is InChI=1S/C15H18N2O2/c1-2-3-4-15(19)16-8-7-11-10-17-14-6-5-12(18)9-13(11)14/h2,5-6,9-10,17-18H,1,3-4,7-8H2,(H,16,19). The summed E-state index contributed by atoms with van der Waals surface area (Å²) >= 11 is 0. The van der Waals surface area contributed by atoms with Crippen molar-refractivity contribution in [3.05, 3.63) is 42.6 Å². The third-order valence-electron chi connectivity index (χ3n) is 3.04. The van der Waals surface area contributed by atoms with Gasteiger partial charge in [0.1, 0.15) is 5.75 Å². The highest BCUT2D eigenvalue weighted by molar-refractivity contribution is 5.84. The van der Waals surface area contributed by atoms with Gasteiger partial charge in [0.2, 0.25) is 5.91 Å². The van der Waals surface area contributed by atoms with Crippen molar-refractivity contribution in [1.29, 1.82) is 0 Å². The second-order valence-electron chi connectivity index (χ2n) is 4.47. The van der Waals surface area contributed by atoms with E-state index in [4.69, 9.17) is 0 Å². The summed E-state index contributed by atoms with van der Waals surface area (Å²) in [5, 5.41) is 13.4. The van der Waals surface area contributed by atoms with E-state index >= 15 is 0 Å². The van der Waals surface area contributed by atoms with Gasteiger partial charge in [-0.2, -0.15) is 0 Å². The normalized spacial score (nSPS) is 10.5. The Labute approximate surface area is 112 Å². The highest BCUT2D eigenvalue weighted by atomic mass is 16.3. The summed E-state index contributed by atoms with van der Waals surface area (Å²) in [5.41, 5.74) is 2.08. The van der Waals surface area contributed by atoms with E-state index in [0.29, 0.717) is 19.4 Å². The molecule has 1 heterocycles. The number of carbonyl (C=O) groups excluding carboxylic acids is 1. The number of H-pyrrole nitrogens is 1. The van der Waals surface area contributed by atoms with Crippen LogP contribution in [0.5, 0.6) is 5.75 Å². The number of hydrogen-bond acceptors (Lipinski definition) is 2. The molecule has 0 spiro atoms. The summed E-state index contributed by atoms with van der Waals surface area (Å²) in [6.07, 6.45) is 5.58. The number of fused-ring (bicyclic) bond motifs is 1. The first-order valence-corrected chi connectivity index (χ1v) is 6.37. The van der Waals surface area contributed by atoms with Crippen LogP contribution in [0.4, 0.5) is 0 Å². The fourth-order valence-corrected chi connectivity index (χ4v) is 2.03. The number of aromatic hydroxyl groups is 1. The molecule has 2 rings (SSSR count). The highest BCUT2D eigenvalue weighted by Crippen LogP contribution is 2.22. The zero-order valence-corrected chi connectivity index (χ0v) is 10.8. The molecule has 0 bridgehead atoms. The largest absolute Gasteiger partial charge is 0.508 e. The molecule has 3 N–H and O–H groups in total. The molecule has 19 heavy (non-hydrogen) atoms. The molecule has 100 valence electrons. The minimum Gasteiger partial charge on any atom is -0.508 e. The quantitative estimate of drug-likeness (QED) is 0.697. The lowest BCUT2D eigenvalue weighted by Crippen LogP contribution is -2.25. The van der Waals surface area contributed by atoms with E-state index < -0.39 is 0 Å². The molecule has 4 nitrogen and oxygen atoms in total. The van der Waals surface area contributed by atoms with Crippen molar-refractivity contribution in [1.82, 2.24) is 10.3 Å². The number of aromatic nitrogens is 1. The van der Waals surface area contributed by atoms with Gasteiger partial charge in [0, 0.05) is 30.1 Å². The van der Waals surface area contributed by atoms with Gasteiger partial charge in [0.25, 0.3) is 0 Å². The number of allylic oxidation sites excluding steroid dienone is 1. The van der Waals surface area contributed by atoms with Crippen LogP contribution < -0.4 is 5.32 Å². The van der Waals surface area contributed by atoms with Gasteiger partial charge in [-0.25, -0.2) is 0 Å². The van der Waals surface area contributed by atoms with Gasteiger partial charge in [-0.1, -0.05) is 6.08 Å². The maximum atomic E-state index is 11.4. The number of phenols is 1. The Morgan fingerprint density at radius 3 is 3.11 bits per heavy atom. The Morgan fingerprint density at radius 2 is 2.32 bits per heavy atom. The third kappa shape index (κ3) is 3.37. The van der Waals surface area contributed by atoms with E-state index in [0.717, 1.165) is 22.9 Å². The molecular formula is C15H18N2O2. The van der Waals surface area contributed by atoms with Crippen molar-refractivity contribution in [2.75, 3.05) is 6.54 Å². The Morgan fingerprint density at radius 1 is 1.47 bits per heavy atom. The van der Waals surface area contributed by atoms with Crippen molar-refractivity contribution < 1.29 is 9.90 Å². The van der Waals surface area contributed by atoms with Gasteiger partial charge < -0.3 is 15.4 Å². The maximum absolute atomic E-state index is 11.4. The average molecular weight is 258 g/mol. The Hall–Kier alpha value is -2.23. The van der Waals surface area contributed by atoms with Gasteiger partial charge in [-0.05, 0) is 36.6 Å². The zero-order chi connectivity index (χ0) is 13.7. The van der Waals surface area contributed by atoms with Crippen molar-refractivity contribution in [3.8, 4) is 5.75 Å². The fourth-order valence-electron chi connectivity index (χ4n) is 2.03. The summed E-state index contributed by atoms with van der Waals surface area (Å²) in [6, 6.07) is 5.23. The van der Waals surface area contributed by atoms with E-state index in [9.17, 15) is 9.90 Å². The first kappa shape index (κ1) is 13.2. The minimum atomic E-state index is 0.0441. The SMILES string of the molecule is C=CCCC(=O)NCCc1c[nH]c2ccc(O)cc12.